The van der Waals surface area contributed by atoms with Gasteiger partial charge in [0.15, 0.2) is 0 Å². The molecule has 2 aromatic carbocycles. The highest BCUT2D eigenvalue weighted by molar-refractivity contribution is 5.88. The zero-order chi connectivity index (χ0) is 16.1. The van der Waals surface area contributed by atoms with Crippen LogP contribution in [0.3, 0.4) is 0 Å². The van der Waals surface area contributed by atoms with E-state index in [2.05, 4.69) is 46.6 Å². The number of rotatable bonds is 6. The normalized spacial score (nSPS) is 16.6. The van der Waals surface area contributed by atoms with E-state index in [1.807, 2.05) is 6.92 Å². The van der Waals surface area contributed by atoms with Gasteiger partial charge in [-0.3, -0.25) is 4.90 Å². The van der Waals surface area contributed by atoms with Crippen molar-refractivity contribution < 1.29 is 9.84 Å². The van der Waals surface area contributed by atoms with Crippen LogP contribution < -0.4 is 10.1 Å². The molecule has 0 spiro atoms. The third-order valence-corrected chi connectivity index (χ3v) is 4.56. The fourth-order valence-electron chi connectivity index (χ4n) is 3.53. The fourth-order valence-corrected chi connectivity index (χ4v) is 3.53. The first kappa shape index (κ1) is 19.0. The minimum atomic E-state index is 0. The van der Waals surface area contributed by atoms with Gasteiger partial charge in [-0.05, 0) is 30.2 Å². The number of nitrogens with zero attached hydrogens (tertiary/aromatic N) is 1. The van der Waals surface area contributed by atoms with Crippen LogP contribution in [0.1, 0.15) is 24.9 Å². The molecule has 1 atom stereocenters. The van der Waals surface area contributed by atoms with E-state index < -0.39 is 0 Å². The van der Waals surface area contributed by atoms with Crippen molar-refractivity contribution in [2.45, 2.75) is 19.4 Å². The van der Waals surface area contributed by atoms with E-state index in [-0.39, 0.29) is 25.1 Å². The minimum absolute atomic E-state index is 0. The summed E-state index contributed by atoms with van der Waals surface area (Å²) in [6.07, 6.45) is 0.730. The third kappa shape index (κ3) is 4.01. The number of benzene rings is 2. The van der Waals surface area contributed by atoms with Gasteiger partial charge in [-0.15, -0.1) is 12.4 Å². The van der Waals surface area contributed by atoms with Gasteiger partial charge in [-0.1, -0.05) is 30.3 Å². The summed E-state index contributed by atoms with van der Waals surface area (Å²) in [7, 11) is 0. The molecule has 3 rings (SSSR count). The number of hydrogen-bond acceptors (Lipinski definition) is 4. The Balaban J connectivity index is 0.00000208. The molecule has 1 fully saturated rings. The molecule has 1 aliphatic rings. The Hall–Kier alpha value is -1.33. The maximum Gasteiger partial charge on any atom is 0.124 e. The standard InChI is InChI=1S/C19H26N2O2.ClH/c1-2-23-18-8-7-15-5-3-4-6-16(15)19(18)17(9-14-22)21-12-10-20-11-13-21;/h3-8,17,20,22H,2,9-14H2,1H3;1H/t17-;/m0./s1. The topological polar surface area (TPSA) is 44.7 Å². The van der Waals surface area contributed by atoms with Gasteiger partial charge >= 0.3 is 0 Å². The first-order valence-corrected chi connectivity index (χ1v) is 8.55. The van der Waals surface area contributed by atoms with E-state index in [1.54, 1.807) is 0 Å². The van der Waals surface area contributed by atoms with Gasteiger partial charge in [-0.2, -0.15) is 0 Å². The Morgan fingerprint density at radius 3 is 2.62 bits per heavy atom. The van der Waals surface area contributed by atoms with Crippen molar-refractivity contribution in [3.8, 4) is 5.75 Å². The number of aliphatic hydroxyl groups excluding tert-OH is 1. The molecule has 1 aliphatic heterocycles. The molecule has 0 aliphatic carbocycles. The highest BCUT2D eigenvalue weighted by Crippen LogP contribution is 2.38. The predicted molar refractivity (Wildman–Crippen MR) is 101 cm³/mol. The summed E-state index contributed by atoms with van der Waals surface area (Å²) >= 11 is 0. The summed E-state index contributed by atoms with van der Waals surface area (Å²) in [5.74, 6) is 0.947. The zero-order valence-corrected chi connectivity index (χ0v) is 15.0. The highest BCUT2D eigenvalue weighted by Gasteiger charge is 2.26. The van der Waals surface area contributed by atoms with Crippen LogP contribution in [-0.2, 0) is 0 Å². The van der Waals surface area contributed by atoms with E-state index in [0.29, 0.717) is 6.61 Å². The Morgan fingerprint density at radius 1 is 1.17 bits per heavy atom. The second-order valence-corrected chi connectivity index (χ2v) is 5.95. The van der Waals surface area contributed by atoms with E-state index in [1.165, 1.54) is 16.3 Å². The highest BCUT2D eigenvalue weighted by atomic mass is 35.5. The Bertz CT molecular complexity index is 644. The van der Waals surface area contributed by atoms with Crippen LogP contribution in [0, 0.1) is 0 Å². The zero-order valence-electron chi connectivity index (χ0n) is 14.2. The maximum atomic E-state index is 9.64. The van der Waals surface area contributed by atoms with Crippen LogP contribution in [0.2, 0.25) is 0 Å². The van der Waals surface area contributed by atoms with Gasteiger partial charge < -0.3 is 15.2 Å². The second-order valence-electron chi connectivity index (χ2n) is 5.95. The van der Waals surface area contributed by atoms with Crippen molar-refractivity contribution in [1.29, 1.82) is 0 Å². The van der Waals surface area contributed by atoms with Gasteiger partial charge in [0.05, 0.1) is 6.61 Å². The van der Waals surface area contributed by atoms with E-state index in [9.17, 15) is 5.11 Å². The molecule has 24 heavy (non-hydrogen) atoms. The average molecular weight is 351 g/mol. The summed E-state index contributed by atoms with van der Waals surface area (Å²) in [4.78, 5) is 2.47. The molecule has 2 N–H and O–H groups in total. The van der Waals surface area contributed by atoms with Crippen LogP contribution >= 0.6 is 12.4 Å². The number of nitrogens with one attached hydrogen (secondary N) is 1. The summed E-state index contributed by atoms with van der Waals surface area (Å²) in [5.41, 5.74) is 1.22. The number of aliphatic hydroxyl groups is 1. The van der Waals surface area contributed by atoms with Crippen molar-refractivity contribution in [2.24, 2.45) is 0 Å². The lowest BCUT2D eigenvalue weighted by Gasteiger charge is -2.36. The van der Waals surface area contributed by atoms with E-state index >= 15 is 0 Å². The first-order valence-electron chi connectivity index (χ1n) is 8.55. The molecule has 0 saturated carbocycles. The molecule has 0 radical (unpaired) electrons. The fraction of sp³-hybridized carbons (Fsp3) is 0.474. The number of piperazine rings is 1. The molecule has 4 nitrogen and oxygen atoms in total. The second kappa shape index (κ2) is 9.23. The molecular formula is C19H27ClN2O2. The van der Waals surface area contributed by atoms with Crippen molar-refractivity contribution in [2.75, 3.05) is 39.4 Å². The lowest BCUT2D eigenvalue weighted by molar-refractivity contribution is 0.139. The van der Waals surface area contributed by atoms with Crippen LogP contribution in [0.25, 0.3) is 10.8 Å². The average Bonchev–Trinajstić information content (AvgIpc) is 2.61. The monoisotopic (exact) mass is 350 g/mol. The van der Waals surface area contributed by atoms with Gasteiger partial charge in [0.2, 0.25) is 0 Å². The molecule has 5 heteroatoms. The number of hydrogen-bond donors (Lipinski definition) is 2. The molecule has 1 heterocycles. The number of ether oxygens (including phenoxy) is 1. The van der Waals surface area contributed by atoms with Gasteiger partial charge in [-0.25, -0.2) is 0 Å². The van der Waals surface area contributed by atoms with Crippen LogP contribution in [0.5, 0.6) is 5.75 Å². The molecule has 0 amide bonds. The van der Waals surface area contributed by atoms with Crippen molar-refractivity contribution in [3.05, 3.63) is 42.0 Å². The summed E-state index contributed by atoms with van der Waals surface area (Å²) in [6.45, 7) is 6.85. The Kier molecular flexibility index (Phi) is 7.31. The first-order chi connectivity index (χ1) is 11.3. The summed E-state index contributed by atoms with van der Waals surface area (Å²) < 4.78 is 5.94. The Morgan fingerprint density at radius 2 is 1.92 bits per heavy atom. The Labute approximate surface area is 150 Å². The number of halogens is 1. The van der Waals surface area contributed by atoms with Crippen molar-refractivity contribution in [1.82, 2.24) is 10.2 Å². The SMILES string of the molecule is CCOc1ccc2ccccc2c1[C@H](CCO)N1CCNCC1.Cl. The van der Waals surface area contributed by atoms with Crippen LogP contribution in [-0.4, -0.2) is 49.4 Å². The van der Waals surface area contributed by atoms with E-state index in [0.717, 1.165) is 38.3 Å². The minimum Gasteiger partial charge on any atom is -0.494 e. The van der Waals surface area contributed by atoms with Gasteiger partial charge in [0.1, 0.15) is 5.75 Å². The number of fused-ring (bicyclic) bond motifs is 1. The summed E-state index contributed by atoms with van der Waals surface area (Å²) in [6, 6.07) is 12.8. The molecule has 0 unspecified atom stereocenters. The van der Waals surface area contributed by atoms with Gasteiger partial charge in [0.25, 0.3) is 0 Å². The van der Waals surface area contributed by atoms with E-state index in [4.69, 9.17) is 4.74 Å². The smallest absolute Gasteiger partial charge is 0.124 e. The quantitative estimate of drug-likeness (QED) is 0.840. The molecular weight excluding hydrogens is 324 g/mol. The van der Waals surface area contributed by atoms with Gasteiger partial charge in [0, 0.05) is 44.4 Å². The summed E-state index contributed by atoms with van der Waals surface area (Å²) in [5, 5.41) is 15.5. The predicted octanol–water partition coefficient (Wildman–Crippen LogP) is 2.99. The molecule has 132 valence electrons. The molecule has 2 aromatic rings. The molecule has 0 bridgehead atoms. The van der Waals surface area contributed by atoms with Crippen molar-refractivity contribution >= 4 is 23.2 Å². The molecule has 1 saturated heterocycles. The third-order valence-electron chi connectivity index (χ3n) is 4.56. The molecule has 0 aromatic heterocycles. The lowest BCUT2D eigenvalue weighted by Crippen LogP contribution is -2.45. The van der Waals surface area contributed by atoms with Crippen LogP contribution in [0.4, 0.5) is 0 Å². The van der Waals surface area contributed by atoms with Crippen LogP contribution in [0.15, 0.2) is 36.4 Å². The lowest BCUT2D eigenvalue weighted by atomic mass is 9.94. The largest absolute Gasteiger partial charge is 0.494 e. The van der Waals surface area contributed by atoms with Crippen molar-refractivity contribution in [3.63, 3.8) is 0 Å². The maximum absolute atomic E-state index is 9.64.